The summed E-state index contributed by atoms with van der Waals surface area (Å²) >= 11 is 0. The second-order valence-corrected chi connectivity index (χ2v) is 18.1. The minimum atomic E-state index is -1.10. The molecule has 0 aliphatic heterocycles. The van der Waals surface area contributed by atoms with Gasteiger partial charge in [0.2, 0.25) is 0 Å². The average Bonchev–Trinajstić information content (AvgIpc) is 3.64. The lowest BCUT2D eigenvalue weighted by molar-refractivity contribution is 1.30. The van der Waals surface area contributed by atoms with Gasteiger partial charge in [-0.3, -0.25) is 4.40 Å². The van der Waals surface area contributed by atoms with Crippen molar-refractivity contribution in [3.8, 4) is 0 Å². The molecule has 11 rings (SSSR count). The van der Waals surface area contributed by atoms with E-state index >= 15 is 0 Å². The minimum absolute atomic E-state index is 0.836. The van der Waals surface area contributed by atoms with Crippen molar-refractivity contribution in [3.05, 3.63) is 194 Å². The number of nitrogens with zero attached hydrogens (tertiary/aromatic N) is 4. The highest BCUT2D eigenvalue weighted by molar-refractivity contribution is 7.80. The minimum Gasteiger partial charge on any atom is -0.292 e. The standard InChI is InChI=1S/C49H32N4P2/c1-3-17-36(18-4-1)54(37-19-5-2-6-20-37)46-25-13-22-41-47(46)40-21-10-12-24-44(40)53-45-29-28-39(31-43(45)51-48(41)53)55(38-27-26-33-14-7-8-15-34(33)30-38)49-50-32-35-16-9-11-23-42(35)52-49/h1-32H. The number of fused-ring (bicyclic) bond motifs is 10. The molecule has 0 bridgehead atoms. The fourth-order valence-electron chi connectivity index (χ4n) is 8.06. The molecular formula is C49H32N4P2. The van der Waals surface area contributed by atoms with Gasteiger partial charge >= 0.3 is 0 Å². The number of pyridine rings is 1. The Kier molecular flexibility index (Phi) is 7.73. The topological polar surface area (TPSA) is 43.1 Å². The van der Waals surface area contributed by atoms with Crippen molar-refractivity contribution in [3.63, 3.8) is 0 Å². The molecule has 0 amide bonds. The lowest BCUT2D eigenvalue weighted by atomic mass is 10.1. The largest absolute Gasteiger partial charge is 0.292 e. The molecule has 3 heterocycles. The smallest absolute Gasteiger partial charge is 0.160 e. The van der Waals surface area contributed by atoms with Gasteiger partial charge in [0.25, 0.3) is 0 Å². The van der Waals surface area contributed by atoms with E-state index in [9.17, 15) is 0 Å². The predicted octanol–water partition coefficient (Wildman–Crippen LogP) is 9.41. The van der Waals surface area contributed by atoms with Gasteiger partial charge in [0, 0.05) is 35.7 Å². The van der Waals surface area contributed by atoms with E-state index in [2.05, 4.69) is 180 Å². The van der Waals surface area contributed by atoms with Crippen LogP contribution in [0.5, 0.6) is 0 Å². The maximum atomic E-state index is 5.51. The Bertz CT molecular complexity index is 3120. The van der Waals surface area contributed by atoms with Crippen LogP contribution in [-0.2, 0) is 0 Å². The molecule has 3 aromatic heterocycles. The van der Waals surface area contributed by atoms with Crippen LogP contribution in [0.4, 0.5) is 0 Å². The number of hydrogen-bond acceptors (Lipinski definition) is 3. The van der Waals surface area contributed by atoms with Gasteiger partial charge in [-0.15, -0.1) is 0 Å². The quantitative estimate of drug-likeness (QED) is 0.126. The summed E-state index contributed by atoms with van der Waals surface area (Å²) < 4.78 is 2.36. The fourth-order valence-corrected chi connectivity index (χ4v) is 12.7. The highest BCUT2D eigenvalue weighted by atomic mass is 31.1. The predicted molar refractivity (Wildman–Crippen MR) is 236 cm³/mol. The molecule has 11 aromatic rings. The zero-order valence-electron chi connectivity index (χ0n) is 29.7. The molecule has 1 atom stereocenters. The van der Waals surface area contributed by atoms with Crippen molar-refractivity contribution in [2.45, 2.75) is 0 Å². The summed E-state index contributed by atoms with van der Waals surface area (Å²) in [7, 11) is -1.94. The molecule has 0 spiro atoms. The van der Waals surface area contributed by atoms with E-state index in [-0.39, 0.29) is 0 Å². The van der Waals surface area contributed by atoms with Gasteiger partial charge in [0.05, 0.1) is 22.1 Å². The van der Waals surface area contributed by atoms with Crippen molar-refractivity contribution in [1.82, 2.24) is 19.4 Å². The van der Waals surface area contributed by atoms with Crippen LogP contribution in [0.2, 0.25) is 0 Å². The molecule has 0 radical (unpaired) electrons. The van der Waals surface area contributed by atoms with Crippen LogP contribution in [0, 0.1) is 0 Å². The van der Waals surface area contributed by atoms with E-state index in [0.29, 0.717) is 0 Å². The van der Waals surface area contributed by atoms with Gasteiger partial charge in [0.15, 0.2) is 5.57 Å². The van der Waals surface area contributed by atoms with E-state index in [0.717, 1.165) is 44.1 Å². The molecule has 0 saturated carbocycles. The SMILES string of the molecule is c1ccc(P(c2ccccc2)c2cccc3c2c2ccccc2n2c4ccc(P(c5ccc6ccccc6c5)c5ncc6ccccc6n5)cc4nc32)cc1. The lowest BCUT2D eigenvalue weighted by Crippen LogP contribution is -2.25. The molecule has 4 nitrogen and oxygen atoms in total. The van der Waals surface area contributed by atoms with Crippen molar-refractivity contribution < 1.29 is 0 Å². The van der Waals surface area contributed by atoms with Crippen molar-refractivity contribution in [1.29, 1.82) is 0 Å². The molecule has 6 heteroatoms. The van der Waals surface area contributed by atoms with E-state index in [1.165, 1.54) is 48.1 Å². The number of benzene rings is 8. The third-order valence-electron chi connectivity index (χ3n) is 10.5. The first-order valence-electron chi connectivity index (χ1n) is 18.5. The zero-order valence-corrected chi connectivity index (χ0v) is 31.4. The lowest BCUT2D eigenvalue weighted by Gasteiger charge is -2.22. The van der Waals surface area contributed by atoms with Crippen LogP contribution < -0.4 is 32.1 Å². The van der Waals surface area contributed by atoms with E-state index in [1.54, 1.807) is 0 Å². The number of imidazole rings is 1. The first-order chi connectivity index (χ1) is 27.3. The fraction of sp³-hybridized carbons (Fsp3) is 0. The van der Waals surface area contributed by atoms with Crippen molar-refractivity contribution in [2.24, 2.45) is 0 Å². The molecule has 1 unspecified atom stereocenters. The van der Waals surface area contributed by atoms with Crippen LogP contribution in [0.1, 0.15) is 0 Å². The Balaban J connectivity index is 1.16. The molecule has 55 heavy (non-hydrogen) atoms. The Labute approximate surface area is 320 Å². The summed E-state index contributed by atoms with van der Waals surface area (Å²) in [4.78, 5) is 15.7. The van der Waals surface area contributed by atoms with Gasteiger partial charge < -0.3 is 0 Å². The summed E-state index contributed by atoms with van der Waals surface area (Å²) in [5, 5.41) is 13.5. The number of para-hydroxylation sites is 2. The zero-order chi connectivity index (χ0) is 36.3. The third-order valence-corrected chi connectivity index (χ3v) is 15.2. The average molecular weight is 739 g/mol. The van der Waals surface area contributed by atoms with Gasteiger partial charge in [-0.1, -0.05) is 158 Å². The summed E-state index contributed by atoms with van der Waals surface area (Å²) in [6.07, 6.45) is 1.97. The molecule has 0 fully saturated rings. The molecule has 0 saturated heterocycles. The third kappa shape index (κ3) is 5.41. The normalized spacial score (nSPS) is 12.5. The molecule has 0 N–H and O–H groups in total. The van der Waals surface area contributed by atoms with Crippen LogP contribution in [0.15, 0.2) is 194 Å². The molecule has 0 aliphatic rings. The molecular weight excluding hydrogens is 707 g/mol. The number of hydrogen-bond donors (Lipinski definition) is 0. The van der Waals surface area contributed by atoms with Crippen molar-refractivity contribution in [2.75, 3.05) is 0 Å². The highest BCUT2D eigenvalue weighted by Crippen LogP contribution is 2.41. The van der Waals surface area contributed by atoms with Gasteiger partial charge in [-0.05, 0) is 75.5 Å². The van der Waals surface area contributed by atoms with Crippen LogP contribution in [-0.4, -0.2) is 19.4 Å². The van der Waals surface area contributed by atoms with Gasteiger partial charge in [-0.2, -0.15) is 0 Å². The first kappa shape index (κ1) is 32.1. The molecule has 8 aromatic carbocycles. The van der Waals surface area contributed by atoms with Crippen LogP contribution >= 0.6 is 15.8 Å². The Morgan fingerprint density at radius 1 is 0.400 bits per heavy atom. The second kappa shape index (κ2) is 13.2. The summed E-state index contributed by atoms with van der Waals surface area (Å²) in [5.41, 5.74) is 5.96. The van der Waals surface area contributed by atoms with E-state index < -0.39 is 15.8 Å². The Morgan fingerprint density at radius 2 is 1.05 bits per heavy atom. The monoisotopic (exact) mass is 738 g/mol. The van der Waals surface area contributed by atoms with Gasteiger partial charge in [0.1, 0.15) is 5.65 Å². The molecule has 0 aliphatic carbocycles. The maximum absolute atomic E-state index is 5.51. The number of aromatic nitrogens is 4. The van der Waals surface area contributed by atoms with E-state index in [4.69, 9.17) is 15.0 Å². The first-order valence-corrected chi connectivity index (χ1v) is 21.1. The maximum Gasteiger partial charge on any atom is 0.160 e. The highest BCUT2D eigenvalue weighted by Gasteiger charge is 2.25. The second-order valence-electron chi connectivity index (χ2n) is 13.8. The number of rotatable bonds is 6. The van der Waals surface area contributed by atoms with E-state index in [1.807, 2.05) is 18.3 Å². The van der Waals surface area contributed by atoms with Crippen LogP contribution in [0.3, 0.4) is 0 Å². The van der Waals surface area contributed by atoms with Gasteiger partial charge in [-0.25, -0.2) is 15.0 Å². The summed E-state index contributed by atoms with van der Waals surface area (Å²) in [6.45, 7) is 0. The molecule has 258 valence electrons. The Morgan fingerprint density at radius 3 is 1.87 bits per heavy atom. The van der Waals surface area contributed by atoms with Crippen molar-refractivity contribution >= 4 is 108 Å². The Hall–Kier alpha value is -6.31. The summed E-state index contributed by atoms with van der Waals surface area (Å²) in [6, 6.07) is 67.9. The van der Waals surface area contributed by atoms with Crippen LogP contribution in [0.25, 0.3) is 60.0 Å². The summed E-state index contributed by atoms with van der Waals surface area (Å²) in [5.74, 6) is 0.